The number of urea groups is 1. The number of amides is 2. The second kappa shape index (κ2) is 9.78. The lowest BCUT2D eigenvalue weighted by Gasteiger charge is -2.29. The van der Waals surface area contributed by atoms with Gasteiger partial charge >= 0.3 is 6.03 Å². The molecule has 0 aliphatic rings. The molecule has 0 bridgehead atoms. The third-order valence-corrected chi connectivity index (χ3v) is 4.25. The molecule has 124 valence electrons. The van der Waals surface area contributed by atoms with E-state index in [9.17, 15) is 4.79 Å². The lowest BCUT2D eigenvalue weighted by molar-refractivity contribution is 0.214. The first-order chi connectivity index (χ1) is 10.5. The highest BCUT2D eigenvalue weighted by atomic mass is 32.1. The van der Waals surface area contributed by atoms with Gasteiger partial charge in [-0.1, -0.05) is 82.2 Å². The molecule has 0 fully saturated rings. The van der Waals surface area contributed by atoms with Crippen LogP contribution in [0.4, 0.5) is 4.79 Å². The Morgan fingerprint density at radius 3 is 2.32 bits per heavy atom. The Morgan fingerprint density at radius 2 is 1.68 bits per heavy atom. The number of carbonyl (C=O) groups excluding carboxylic acids is 1. The zero-order valence-corrected chi connectivity index (χ0v) is 15.0. The molecule has 1 rings (SSSR count). The molecule has 22 heavy (non-hydrogen) atoms. The van der Waals surface area contributed by atoms with E-state index in [-0.39, 0.29) is 6.03 Å². The summed E-state index contributed by atoms with van der Waals surface area (Å²) in [5, 5.41) is 3.04. The van der Waals surface area contributed by atoms with Crippen LogP contribution in [0, 0.1) is 0 Å². The molecular weight excluding hydrogens is 292 g/mol. The van der Waals surface area contributed by atoms with Crippen LogP contribution in [0.3, 0.4) is 0 Å². The minimum Gasteiger partial charge on any atom is -0.328 e. The van der Waals surface area contributed by atoms with E-state index in [0.29, 0.717) is 6.54 Å². The highest BCUT2D eigenvalue weighted by molar-refractivity contribution is 7.78. The summed E-state index contributed by atoms with van der Waals surface area (Å²) in [6.07, 6.45) is 7.26. The molecule has 0 saturated heterocycles. The summed E-state index contributed by atoms with van der Waals surface area (Å²) in [6, 6.07) is 9.86. The predicted molar refractivity (Wildman–Crippen MR) is 97.1 cm³/mol. The molecule has 1 N–H and O–H groups in total. The van der Waals surface area contributed by atoms with Crippen LogP contribution < -0.4 is 5.32 Å². The highest BCUT2D eigenvalue weighted by Crippen LogP contribution is 2.20. The van der Waals surface area contributed by atoms with Gasteiger partial charge in [-0.05, 0) is 25.8 Å². The molecule has 0 atom stereocenters. The number of rotatable bonds is 9. The van der Waals surface area contributed by atoms with Gasteiger partial charge in [0.1, 0.15) is 0 Å². The van der Waals surface area contributed by atoms with Crippen molar-refractivity contribution in [3.8, 4) is 0 Å². The average molecular weight is 323 g/mol. The third-order valence-electron chi connectivity index (χ3n) is 3.87. The monoisotopic (exact) mass is 322 g/mol. The number of unbranched alkanes of at least 4 members (excludes halogenated alkanes) is 5. The molecular formula is C18H30N2OS. The lowest BCUT2D eigenvalue weighted by Crippen LogP contribution is -2.45. The van der Waals surface area contributed by atoms with Crippen molar-refractivity contribution in [3.63, 3.8) is 0 Å². The molecule has 0 heterocycles. The van der Waals surface area contributed by atoms with Crippen molar-refractivity contribution in [2.24, 2.45) is 0 Å². The molecule has 4 heteroatoms. The Hall–Kier alpha value is -1.16. The van der Waals surface area contributed by atoms with Gasteiger partial charge in [-0.25, -0.2) is 4.79 Å². The fraction of sp³-hybridized carbons (Fsp3) is 0.611. The SMILES string of the molecule is CCCCCCCCN(S)C(=O)NC(C)(C)c1ccccc1. The Bertz CT molecular complexity index is 434. The summed E-state index contributed by atoms with van der Waals surface area (Å²) in [5.74, 6) is 0. The summed E-state index contributed by atoms with van der Waals surface area (Å²) in [7, 11) is 0. The third kappa shape index (κ3) is 6.73. The normalized spacial score (nSPS) is 11.3. The summed E-state index contributed by atoms with van der Waals surface area (Å²) in [4.78, 5) is 12.2. The van der Waals surface area contributed by atoms with Gasteiger partial charge in [0.2, 0.25) is 0 Å². The number of hydrogen-bond acceptors (Lipinski definition) is 2. The number of nitrogens with zero attached hydrogens (tertiary/aromatic N) is 1. The molecule has 0 unspecified atom stereocenters. The minimum atomic E-state index is -0.402. The predicted octanol–water partition coefficient (Wildman–Crippen LogP) is 5.14. The first-order valence-electron chi connectivity index (χ1n) is 8.31. The quantitative estimate of drug-likeness (QED) is 0.479. The maximum Gasteiger partial charge on any atom is 0.327 e. The Kier molecular flexibility index (Phi) is 8.39. The second-order valence-electron chi connectivity index (χ2n) is 6.31. The van der Waals surface area contributed by atoms with Crippen molar-refractivity contribution in [1.82, 2.24) is 9.62 Å². The van der Waals surface area contributed by atoms with E-state index in [1.54, 1.807) is 0 Å². The van der Waals surface area contributed by atoms with Crippen molar-refractivity contribution >= 4 is 18.8 Å². The number of hydrogen-bond donors (Lipinski definition) is 2. The molecule has 3 nitrogen and oxygen atoms in total. The number of carbonyl (C=O) groups is 1. The fourth-order valence-electron chi connectivity index (χ4n) is 2.40. The minimum absolute atomic E-state index is 0.134. The van der Waals surface area contributed by atoms with E-state index in [1.807, 2.05) is 44.2 Å². The zero-order chi connectivity index (χ0) is 16.4. The standard InChI is InChI=1S/C18H30N2OS/c1-4-5-6-7-8-12-15-20(22)17(21)19-18(2,3)16-13-10-9-11-14-16/h9-11,13-14,22H,4-8,12,15H2,1-3H3,(H,19,21). The summed E-state index contributed by atoms with van der Waals surface area (Å²) < 4.78 is 1.49. The molecule has 1 aromatic rings. The largest absolute Gasteiger partial charge is 0.328 e. The molecule has 0 aromatic heterocycles. The van der Waals surface area contributed by atoms with Crippen molar-refractivity contribution in [2.45, 2.75) is 64.8 Å². The van der Waals surface area contributed by atoms with Crippen molar-refractivity contribution in [1.29, 1.82) is 0 Å². The molecule has 0 spiro atoms. The molecule has 0 saturated carbocycles. The molecule has 0 aliphatic heterocycles. The van der Waals surface area contributed by atoms with Gasteiger partial charge in [-0.3, -0.25) is 4.31 Å². The van der Waals surface area contributed by atoms with Gasteiger partial charge in [0.25, 0.3) is 0 Å². The second-order valence-corrected chi connectivity index (χ2v) is 6.79. The smallest absolute Gasteiger partial charge is 0.327 e. The van der Waals surface area contributed by atoms with Gasteiger partial charge in [0.05, 0.1) is 5.54 Å². The van der Waals surface area contributed by atoms with E-state index >= 15 is 0 Å². The van der Waals surface area contributed by atoms with Crippen LogP contribution in [-0.2, 0) is 5.54 Å². The van der Waals surface area contributed by atoms with Crippen molar-refractivity contribution < 1.29 is 4.79 Å². The number of benzene rings is 1. The topological polar surface area (TPSA) is 32.3 Å². The summed E-state index contributed by atoms with van der Waals surface area (Å²) >= 11 is 4.31. The molecule has 0 aliphatic carbocycles. The van der Waals surface area contributed by atoms with E-state index < -0.39 is 5.54 Å². The highest BCUT2D eigenvalue weighted by Gasteiger charge is 2.24. The van der Waals surface area contributed by atoms with Crippen LogP contribution in [0.15, 0.2) is 30.3 Å². The van der Waals surface area contributed by atoms with E-state index in [0.717, 1.165) is 18.4 Å². The first-order valence-corrected chi connectivity index (χ1v) is 8.71. The number of nitrogens with one attached hydrogen (secondary N) is 1. The van der Waals surface area contributed by atoms with Crippen LogP contribution >= 0.6 is 12.8 Å². The van der Waals surface area contributed by atoms with E-state index in [4.69, 9.17) is 0 Å². The lowest BCUT2D eigenvalue weighted by atomic mass is 9.95. The molecule has 0 radical (unpaired) electrons. The zero-order valence-electron chi connectivity index (χ0n) is 14.1. The average Bonchev–Trinajstić information content (AvgIpc) is 2.51. The Labute approximate surface area is 141 Å². The van der Waals surface area contributed by atoms with E-state index in [1.165, 1.54) is 30.0 Å². The van der Waals surface area contributed by atoms with Crippen molar-refractivity contribution in [2.75, 3.05) is 6.54 Å². The van der Waals surface area contributed by atoms with Crippen molar-refractivity contribution in [3.05, 3.63) is 35.9 Å². The van der Waals surface area contributed by atoms with Crippen LogP contribution in [0.1, 0.15) is 64.9 Å². The summed E-state index contributed by atoms with van der Waals surface area (Å²) in [5.41, 5.74) is 0.685. The Morgan fingerprint density at radius 1 is 1.09 bits per heavy atom. The van der Waals surface area contributed by atoms with E-state index in [2.05, 4.69) is 25.1 Å². The number of thiol groups is 1. The van der Waals surface area contributed by atoms with Gasteiger partial charge < -0.3 is 5.32 Å². The van der Waals surface area contributed by atoms with Crippen LogP contribution in [0.5, 0.6) is 0 Å². The van der Waals surface area contributed by atoms with Gasteiger partial charge in [0.15, 0.2) is 0 Å². The van der Waals surface area contributed by atoms with Gasteiger partial charge in [-0.2, -0.15) is 0 Å². The first kappa shape index (κ1) is 18.9. The van der Waals surface area contributed by atoms with Gasteiger partial charge in [-0.15, -0.1) is 0 Å². The van der Waals surface area contributed by atoms with Crippen LogP contribution in [0.2, 0.25) is 0 Å². The van der Waals surface area contributed by atoms with Crippen LogP contribution in [0.25, 0.3) is 0 Å². The fourth-order valence-corrected chi connectivity index (χ4v) is 2.59. The molecule has 2 amide bonds. The maximum absolute atomic E-state index is 12.2. The Balaban J connectivity index is 2.34. The maximum atomic E-state index is 12.2. The van der Waals surface area contributed by atoms with Crippen LogP contribution in [-0.4, -0.2) is 16.9 Å². The van der Waals surface area contributed by atoms with Gasteiger partial charge in [0, 0.05) is 6.54 Å². The molecule has 1 aromatic carbocycles. The summed E-state index contributed by atoms with van der Waals surface area (Å²) in [6.45, 7) is 6.92.